The van der Waals surface area contributed by atoms with Gasteiger partial charge < -0.3 is 14.6 Å². The van der Waals surface area contributed by atoms with E-state index in [9.17, 15) is 18.4 Å². The lowest BCUT2D eigenvalue weighted by molar-refractivity contribution is -0.144. The first-order valence-electron chi connectivity index (χ1n) is 8.82. The number of carbonyl (C=O) groups excluding carboxylic acids is 2. The summed E-state index contributed by atoms with van der Waals surface area (Å²) in [6.45, 7) is 1.02. The first-order valence-corrected chi connectivity index (χ1v) is 8.82. The van der Waals surface area contributed by atoms with Gasteiger partial charge in [-0.15, -0.1) is 0 Å². The number of benzene rings is 1. The monoisotopic (exact) mass is 392 g/mol. The molecule has 2 unspecified atom stereocenters. The molecule has 2 atom stereocenters. The molecule has 2 fully saturated rings. The molecule has 3 amide bonds. The normalized spacial score (nSPS) is 26.8. The fraction of sp³-hybridized carbons (Fsp3) is 0.444. The van der Waals surface area contributed by atoms with E-state index >= 15 is 0 Å². The van der Waals surface area contributed by atoms with E-state index in [0.717, 1.165) is 0 Å². The zero-order valence-corrected chi connectivity index (χ0v) is 15.0. The molecule has 0 spiro atoms. The SMILES string of the molecule is CC1(c2ccc(-c3noc(CC4CCC(F)(F)CO4)n3)cc2)NC(=O)NC1=O. The minimum atomic E-state index is -2.77. The van der Waals surface area contributed by atoms with Crippen LogP contribution in [0, 0.1) is 0 Å². The molecule has 3 heterocycles. The van der Waals surface area contributed by atoms with Gasteiger partial charge >= 0.3 is 6.03 Å². The lowest BCUT2D eigenvalue weighted by Gasteiger charge is -2.27. The molecule has 0 aliphatic carbocycles. The third kappa shape index (κ3) is 3.47. The number of aromatic nitrogens is 2. The third-order valence-corrected chi connectivity index (χ3v) is 5.00. The topological polar surface area (TPSA) is 106 Å². The summed E-state index contributed by atoms with van der Waals surface area (Å²) >= 11 is 0. The van der Waals surface area contributed by atoms with Crippen molar-refractivity contribution in [1.29, 1.82) is 0 Å². The van der Waals surface area contributed by atoms with E-state index in [0.29, 0.717) is 22.8 Å². The van der Waals surface area contributed by atoms with Gasteiger partial charge in [-0.25, -0.2) is 13.6 Å². The van der Waals surface area contributed by atoms with Crippen LogP contribution in [0.3, 0.4) is 0 Å². The molecule has 2 aliphatic rings. The maximum absolute atomic E-state index is 13.1. The van der Waals surface area contributed by atoms with Crippen molar-refractivity contribution in [3.05, 3.63) is 35.7 Å². The second kappa shape index (κ2) is 6.62. The Labute approximate surface area is 158 Å². The van der Waals surface area contributed by atoms with Gasteiger partial charge in [-0.2, -0.15) is 4.98 Å². The number of imide groups is 1. The zero-order chi connectivity index (χ0) is 19.9. The predicted octanol–water partition coefficient (Wildman–Crippen LogP) is 2.15. The number of amides is 3. The van der Waals surface area contributed by atoms with Crippen molar-refractivity contribution in [3.8, 4) is 11.4 Å². The first-order chi connectivity index (χ1) is 13.2. The van der Waals surface area contributed by atoms with E-state index in [4.69, 9.17) is 9.26 Å². The van der Waals surface area contributed by atoms with Crippen molar-refractivity contribution < 1.29 is 27.6 Å². The third-order valence-electron chi connectivity index (χ3n) is 5.00. The van der Waals surface area contributed by atoms with E-state index in [-0.39, 0.29) is 25.4 Å². The summed E-state index contributed by atoms with van der Waals surface area (Å²) in [5, 5.41) is 8.72. The Hall–Kier alpha value is -2.88. The first kappa shape index (κ1) is 18.5. The summed E-state index contributed by atoms with van der Waals surface area (Å²) < 4.78 is 36.6. The second-order valence-electron chi connectivity index (χ2n) is 7.15. The fourth-order valence-corrected chi connectivity index (χ4v) is 3.28. The highest BCUT2D eigenvalue weighted by atomic mass is 19.3. The van der Waals surface area contributed by atoms with Gasteiger partial charge in [0, 0.05) is 12.0 Å². The van der Waals surface area contributed by atoms with Gasteiger partial charge in [0.15, 0.2) is 0 Å². The van der Waals surface area contributed by atoms with E-state index in [1.165, 1.54) is 0 Å². The van der Waals surface area contributed by atoms with Crippen LogP contribution < -0.4 is 10.6 Å². The molecule has 148 valence electrons. The molecular weight excluding hydrogens is 374 g/mol. The lowest BCUT2D eigenvalue weighted by atomic mass is 9.91. The number of nitrogens with one attached hydrogen (secondary N) is 2. The number of carbonyl (C=O) groups is 2. The van der Waals surface area contributed by atoms with Gasteiger partial charge in [0.25, 0.3) is 11.8 Å². The molecule has 2 aromatic rings. The van der Waals surface area contributed by atoms with Crippen LogP contribution in [0.5, 0.6) is 0 Å². The summed E-state index contributed by atoms with van der Waals surface area (Å²) in [7, 11) is 0. The molecule has 1 aromatic carbocycles. The Bertz CT molecular complexity index is 905. The highest BCUT2D eigenvalue weighted by molar-refractivity contribution is 6.07. The largest absolute Gasteiger partial charge is 0.371 e. The van der Waals surface area contributed by atoms with Crippen LogP contribution in [0.15, 0.2) is 28.8 Å². The standard InChI is InChI=1S/C18H18F2N4O4/c1-17(15(25)22-16(26)23-17)11-4-2-10(3-5-11)14-21-13(28-24-14)8-12-6-7-18(19,20)9-27-12/h2-5,12H,6-9H2,1H3,(H2,22,23,25,26). The molecular formula is C18H18F2N4O4. The van der Waals surface area contributed by atoms with Crippen LogP contribution in [0.1, 0.15) is 31.2 Å². The van der Waals surface area contributed by atoms with Crippen LogP contribution in [-0.4, -0.2) is 40.7 Å². The Kier molecular flexibility index (Phi) is 4.37. The van der Waals surface area contributed by atoms with Crippen molar-refractivity contribution >= 4 is 11.9 Å². The Morgan fingerprint density at radius 1 is 1.25 bits per heavy atom. The van der Waals surface area contributed by atoms with Crippen LogP contribution in [-0.2, 0) is 21.5 Å². The summed E-state index contributed by atoms with van der Waals surface area (Å²) in [6, 6.07) is 6.28. The number of urea groups is 1. The molecule has 4 rings (SSSR count). The van der Waals surface area contributed by atoms with E-state index < -0.39 is 30.0 Å². The number of rotatable bonds is 4. The average Bonchev–Trinajstić information content (AvgIpc) is 3.22. The van der Waals surface area contributed by atoms with Crippen LogP contribution in [0.2, 0.25) is 0 Å². The van der Waals surface area contributed by atoms with E-state index in [1.54, 1.807) is 31.2 Å². The van der Waals surface area contributed by atoms with Crippen molar-refractivity contribution in [2.75, 3.05) is 6.61 Å². The molecule has 2 saturated heterocycles. The minimum Gasteiger partial charge on any atom is -0.371 e. The number of ether oxygens (including phenoxy) is 1. The van der Waals surface area contributed by atoms with Gasteiger partial charge in [0.2, 0.25) is 11.7 Å². The Balaban J connectivity index is 1.44. The quantitative estimate of drug-likeness (QED) is 0.773. The Morgan fingerprint density at radius 3 is 2.61 bits per heavy atom. The zero-order valence-electron chi connectivity index (χ0n) is 15.0. The number of halogens is 2. The van der Waals surface area contributed by atoms with Gasteiger partial charge in [-0.05, 0) is 18.9 Å². The van der Waals surface area contributed by atoms with Gasteiger partial charge in [-0.1, -0.05) is 29.4 Å². The molecule has 0 radical (unpaired) electrons. The van der Waals surface area contributed by atoms with Crippen molar-refractivity contribution in [3.63, 3.8) is 0 Å². The highest BCUT2D eigenvalue weighted by Crippen LogP contribution is 2.30. The van der Waals surface area contributed by atoms with Crippen molar-refractivity contribution in [2.45, 2.75) is 43.8 Å². The number of nitrogens with zero attached hydrogens (tertiary/aromatic N) is 2. The summed E-state index contributed by atoms with van der Waals surface area (Å²) in [5.74, 6) is -2.55. The van der Waals surface area contributed by atoms with Crippen molar-refractivity contribution in [2.24, 2.45) is 0 Å². The maximum Gasteiger partial charge on any atom is 0.322 e. The van der Waals surface area contributed by atoms with Crippen LogP contribution >= 0.6 is 0 Å². The Morgan fingerprint density at radius 2 is 2.00 bits per heavy atom. The molecule has 0 saturated carbocycles. The molecule has 2 aliphatic heterocycles. The minimum absolute atomic E-state index is 0.219. The fourth-order valence-electron chi connectivity index (χ4n) is 3.28. The number of hydrogen-bond donors (Lipinski definition) is 2. The molecule has 28 heavy (non-hydrogen) atoms. The van der Waals surface area contributed by atoms with Gasteiger partial charge in [0.1, 0.15) is 12.1 Å². The molecule has 2 N–H and O–H groups in total. The summed E-state index contributed by atoms with van der Waals surface area (Å²) in [4.78, 5) is 27.7. The average molecular weight is 392 g/mol. The smallest absolute Gasteiger partial charge is 0.322 e. The molecule has 8 nitrogen and oxygen atoms in total. The van der Waals surface area contributed by atoms with Crippen LogP contribution in [0.25, 0.3) is 11.4 Å². The van der Waals surface area contributed by atoms with Crippen LogP contribution in [0.4, 0.5) is 13.6 Å². The molecule has 0 bridgehead atoms. The van der Waals surface area contributed by atoms with E-state index in [2.05, 4.69) is 20.8 Å². The number of alkyl halides is 2. The predicted molar refractivity (Wildman–Crippen MR) is 91.4 cm³/mol. The van der Waals surface area contributed by atoms with Gasteiger partial charge in [0.05, 0.1) is 12.5 Å². The summed E-state index contributed by atoms with van der Waals surface area (Å²) in [6.07, 6.45) is -0.0972. The second-order valence-corrected chi connectivity index (χ2v) is 7.15. The highest BCUT2D eigenvalue weighted by Gasteiger charge is 2.43. The van der Waals surface area contributed by atoms with Gasteiger partial charge in [-0.3, -0.25) is 10.1 Å². The number of hydrogen-bond acceptors (Lipinski definition) is 6. The molecule has 1 aromatic heterocycles. The lowest BCUT2D eigenvalue weighted by Crippen LogP contribution is -2.40. The maximum atomic E-state index is 13.1. The van der Waals surface area contributed by atoms with E-state index in [1.807, 2.05) is 0 Å². The molecule has 10 heteroatoms. The van der Waals surface area contributed by atoms with Crippen molar-refractivity contribution in [1.82, 2.24) is 20.8 Å². The summed E-state index contributed by atoms with van der Waals surface area (Å²) in [5.41, 5.74) is 0.126.